The third-order valence-electron chi connectivity index (χ3n) is 6.63. The zero-order valence-electron chi connectivity index (χ0n) is 19.5. The van der Waals surface area contributed by atoms with Crippen LogP contribution in [0.25, 0.3) is 0 Å². The van der Waals surface area contributed by atoms with Gasteiger partial charge in [-0.2, -0.15) is 0 Å². The zero-order valence-corrected chi connectivity index (χ0v) is 21.1. The van der Waals surface area contributed by atoms with Gasteiger partial charge in [-0.25, -0.2) is 13.6 Å². The van der Waals surface area contributed by atoms with E-state index in [9.17, 15) is 18.8 Å². The third-order valence-corrected chi connectivity index (χ3v) is 8.93. The normalized spacial score (nSPS) is 20.1. The topological polar surface area (TPSA) is 111 Å². The summed E-state index contributed by atoms with van der Waals surface area (Å²) in [4.78, 5) is 38.9. The molecule has 0 unspecified atom stereocenters. The summed E-state index contributed by atoms with van der Waals surface area (Å²) < 4.78 is 47.3. The number of hydrogen-bond acceptors (Lipinski definition) is 9. The van der Waals surface area contributed by atoms with Gasteiger partial charge in [0.25, 0.3) is 5.91 Å². The quantitative estimate of drug-likeness (QED) is 0.377. The van der Waals surface area contributed by atoms with E-state index in [4.69, 9.17) is 14.6 Å². The highest BCUT2D eigenvalue weighted by Crippen LogP contribution is 2.47. The maximum atomic E-state index is 15.1. The molecule has 3 aliphatic rings. The van der Waals surface area contributed by atoms with Crippen molar-refractivity contribution >= 4 is 35.2 Å². The molecule has 10 nitrogen and oxygen atoms in total. The number of halogens is 2. The van der Waals surface area contributed by atoms with Crippen LogP contribution in [0.5, 0.6) is 5.75 Å². The van der Waals surface area contributed by atoms with Crippen molar-refractivity contribution in [2.45, 2.75) is 22.2 Å². The SMILES string of the molecule is O=C(O)OCOc1c2n(ccc1=O)N([C@H]1c3ccsc3SCc3c1ccc(F)c3F)[C@@H]1COCCN1C2=O. The number of ether oxygens (including phenoxy) is 3. The zero-order chi connectivity index (χ0) is 26.6. The van der Waals surface area contributed by atoms with E-state index < -0.39 is 48.1 Å². The first-order chi connectivity index (χ1) is 18.4. The molecule has 1 fully saturated rings. The Morgan fingerprint density at radius 2 is 2.03 bits per heavy atom. The largest absolute Gasteiger partial charge is 0.508 e. The average Bonchev–Trinajstić information content (AvgIpc) is 3.30. The van der Waals surface area contributed by atoms with Crippen molar-refractivity contribution in [2.24, 2.45) is 0 Å². The summed E-state index contributed by atoms with van der Waals surface area (Å²) in [6.45, 7) is -0.218. The van der Waals surface area contributed by atoms with Crippen molar-refractivity contribution in [3.63, 3.8) is 0 Å². The number of thiophene rings is 1. The van der Waals surface area contributed by atoms with Crippen LogP contribution in [0, 0.1) is 11.6 Å². The molecule has 0 bridgehead atoms. The molecule has 1 saturated heterocycles. The number of rotatable bonds is 4. The second-order valence-electron chi connectivity index (χ2n) is 8.59. The van der Waals surface area contributed by atoms with E-state index in [1.807, 2.05) is 11.4 Å². The third kappa shape index (κ3) is 3.90. The molecular weight excluding hydrogens is 544 g/mol. The van der Waals surface area contributed by atoms with Gasteiger partial charge < -0.3 is 24.2 Å². The van der Waals surface area contributed by atoms with Gasteiger partial charge in [0.2, 0.25) is 18.0 Å². The van der Waals surface area contributed by atoms with Crippen molar-refractivity contribution in [3.8, 4) is 5.75 Å². The standard InChI is InChI=1S/C24H19F2N3O7S2/c25-15-2-1-12-14(18(15)26)10-38-23-13(4-8-37-23)19(12)29-17-9-34-7-6-27(17)22(31)20-21(35-11-36-24(32)33)16(30)3-5-28(20)29/h1-5,8,17,19H,6-7,9-11H2,(H,32,33)/t17-,19-/m1/s1. The lowest BCUT2D eigenvalue weighted by molar-refractivity contribution is -0.0207. The Labute approximate surface area is 221 Å². The first-order valence-electron chi connectivity index (χ1n) is 11.4. The van der Waals surface area contributed by atoms with E-state index in [0.717, 1.165) is 15.8 Å². The second-order valence-corrected chi connectivity index (χ2v) is 10.8. The fourth-order valence-corrected chi connectivity index (χ4v) is 7.21. The minimum Gasteiger partial charge on any atom is -0.451 e. The smallest absolute Gasteiger partial charge is 0.451 e. The Morgan fingerprint density at radius 3 is 2.84 bits per heavy atom. The molecule has 198 valence electrons. The maximum Gasteiger partial charge on any atom is 0.508 e. The van der Waals surface area contributed by atoms with Crippen molar-refractivity contribution < 1.29 is 37.7 Å². The van der Waals surface area contributed by atoms with Crippen LogP contribution in [0.3, 0.4) is 0 Å². The Morgan fingerprint density at radius 1 is 1.18 bits per heavy atom. The molecule has 5 heterocycles. The highest BCUT2D eigenvalue weighted by molar-refractivity contribution is 8.00. The number of carbonyl (C=O) groups excluding carboxylic acids is 1. The lowest BCUT2D eigenvalue weighted by atomic mass is 9.94. The van der Waals surface area contributed by atoms with Gasteiger partial charge in [0.15, 0.2) is 17.3 Å². The average molecular weight is 564 g/mol. The number of thioether (sulfide) groups is 1. The van der Waals surface area contributed by atoms with Gasteiger partial charge in [-0.1, -0.05) is 6.07 Å². The fraction of sp³-hybridized carbons (Fsp3) is 0.292. The van der Waals surface area contributed by atoms with E-state index in [1.54, 1.807) is 5.01 Å². The Bertz CT molecular complexity index is 1510. The first kappa shape index (κ1) is 24.7. The molecule has 0 radical (unpaired) electrons. The van der Waals surface area contributed by atoms with Crippen LogP contribution >= 0.6 is 23.1 Å². The first-order valence-corrected chi connectivity index (χ1v) is 13.3. The fourth-order valence-electron chi connectivity index (χ4n) is 5.02. The van der Waals surface area contributed by atoms with Crippen LogP contribution in [0.1, 0.15) is 33.2 Å². The van der Waals surface area contributed by atoms with Crippen LogP contribution in [0.2, 0.25) is 0 Å². The second kappa shape index (κ2) is 9.60. The summed E-state index contributed by atoms with van der Waals surface area (Å²) >= 11 is 2.87. The number of hydrogen-bond donors (Lipinski definition) is 1. The number of nitrogens with zero attached hydrogens (tertiary/aromatic N) is 3. The van der Waals surface area contributed by atoms with E-state index in [1.165, 1.54) is 51.0 Å². The molecule has 3 aromatic rings. The van der Waals surface area contributed by atoms with Gasteiger partial charge in [0.1, 0.15) is 12.2 Å². The minimum atomic E-state index is -1.61. The van der Waals surface area contributed by atoms with Crippen molar-refractivity contribution in [2.75, 3.05) is 31.6 Å². The molecule has 6 rings (SSSR count). The van der Waals surface area contributed by atoms with Crippen LogP contribution in [-0.2, 0) is 15.2 Å². The number of morpholine rings is 1. The Balaban J connectivity index is 1.59. The minimum absolute atomic E-state index is 0.123. The number of carboxylic acid groups (broad SMARTS) is 1. The number of amides is 1. The molecule has 0 aliphatic carbocycles. The number of carbonyl (C=O) groups is 2. The number of benzene rings is 1. The van der Waals surface area contributed by atoms with Crippen LogP contribution in [0.4, 0.5) is 13.6 Å². The van der Waals surface area contributed by atoms with Gasteiger partial charge >= 0.3 is 6.16 Å². The molecule has 0 saturated carbocycles. The van der Waals surface area contributed by atoms with E-state index >= 15 is 4.39 Å². The Hall–Kier alpha value is -3.62. The van der Waals surface area contributed by atoms with Gasteiger partial charge in [0, 0.05) is 35.7 Å². The molecule has 2 aromatic heterocycles. The number of pyridine rings is 1. The molecule has 14 heteroatoms. The van der Waals surface area contributed by atoms with Crippen LogP contribution in [-0.4, -0.2) is 59.5 Å². The van der Waals surface area contributed by atoms with Gasteiger partial charge in [-0.05, 0) is 23.1 Å². The van der Waals surface area contributed by atoms with Crippen molar-refractivity contribution in [1.29, 1.82) is 0 Å². The van der Waals surface area contributed by atoms with Gasteiger partial charge in [-0.3, -0.25) is 19.3 Å². The van der Waals surface area contributed by atoms with E-state index in [0.29, 0.717) is 5.56 Å². The summed E-state index contributed by atoms with van der Waals surface area (Å²) in [5.74, 6) is -2.58. The molecule has 0 spiro atoms. The maximum absolute atomic E-state index is 15.1. The molecule has 1 amide bonds. The molecule has 3 aliphatic heterocycles. The van der Waals surface area contributed by atoms with Gasteiger partial charge in [-0.15, -0.1) is 23.1 Å². The monoisotopic (exact) mass is 563 g/mol. The summed E-state index contributed by atoms with van der Waals surface area (Å²) in [6.07, 6.45) is -0.852. The highest BCUT2D eigenvalue weighted by atomic mass is 32.2. The molecular formula is C24H19F2N3O7S2. The lowest BCUT2D eigenvalue weighted by Gasteiger charge is -2.51. The summed E-state index contributed by atoms with van der Waals surface area (Å²) in [6, 6.07) is 5.01. The van der Waals surface area contributed by atoms with Crippen molar-refractivity contribution in [3.05, 3.63) is 80.1 Å². The van der Waals surface area contributed by atoms with E-state index in [-0.39, 0.29) is 42.5 Å². The summed E-state index contributed by atoms with van der Waals surface area (Å²) in [5, 5.41) is 12.5. The molecule has 1 aromatic carbocycles. The van der Waals surface area contributed by atoms with E-state index in [2.05, 4.69) is 4.74 Å². The predicted molar refractivity (Wildman–Crippen MR) is 131 cm³/mol. The molecule has 1 N–H and O–H groups in total. The summed E-state index contributed by atoms with van der Waals surface area (Å²) in [5.41, 5.74) is 0.757. The summed E-state index contributed by atoms with van der Waals surface area (Å²) in [7, 11) is 0. The Kier molecular flexibility index (Phi) is 6.24. The molecule has 2 atom stereocenters. The highest BCUT2D eigenvalue weighted by Gasteiger charge is 2.46. The van der Waals surface area contributed by atoms with Crippen LogP contribution in [0.15, 0.2) is 44.8 Å². The number of aromatic nitrogens is 1. The van der Waals surface area contributed by atoms with Gasteiger partial charge in [0.05, 0.1) is 17.4 Å². The van der Waals surface area contributed by atoms with Crippen molar-refractivity contribution in [1.82, 2.24) is 9.58 Å². The predicted octanol–water partition coefficient (Wildman–Crippen LogP) is 3.36. The van der Waals surface area contributed by atoms with Crippen LogP contribution < -0.4 is 15.2 Å². The lowest BCUT2D eigenvalue weighted by Crippen LogP contribution is -2.66. The molecule has 38 heavy (non-hydrogen) atoms. The number of fused-ring (bicyclic) bond motifs is 4.